The summed E-state index contributed by atoms with van der Waals surface area (Å²) >= 11 is 3.37. The number of carbonyl (C=O) groups is 1. The first-order chi connectivity index (χ1) is 12.6. The highest BCUT2D eigenvalue weighted by Gasteiger charge is 2.06. The van der Waals surface area contributed by atoms with Crippen LogP contribution in [0.4, 0.5) is 0 Å². The molecule has 0 bridgehead atoms. The fourth-order valence-electron chi connectivity index (χ4n) is 2.32. The van der Waals surface area contributed by atoms with Crippen LogP contribution in [0.2, 0.25) is 0 Å². The van der Waals surface area contributed by atoms with E-state index in [1.807, 2.05) is 43.3 Å². The Hall–Kier alpha value is -2.62. The number of thioether (sulfide) groups is 1. The van der Waals surface area contributed by atoms with Crippen LogP contribution in [0.5, 0.6) is 0 Å². The maximum absolute atomic E-state index is 12.3. The average Bonchev–Trinajstić information content (AvgIpc) is 3.10. The summed E-state index contributed by atoms with van der Waals surface area (Å²) < 4.78 is 0. The quantitative estimate of drug-likeness (QED) is 0.638. The topological polar surface area (TPSA) is 65.8 Å². The number of rotatable bonds is 6. The lowest BCUT2D eigenvalue weighted by atomic mass is 10.1. The molecule has 0 aliphatic carbocycles. The fraction of sp³-hybridized carbons (Fsp3) is 0.150. The zero-order valence-corrected chi connectivity index (χ0v) is 15.9. The van der Waals surface area contributed by atoms with E-state index in [9.17, 15) is 4.79 Å². The van der Waals surface area contributed by atoms with Crippen molar-refractivity contribution in [3.8, 4) is 6.07 Å². The molecule has 0 fully saturated rings. The van der Waals surface area contributed by atoms with Gasteiger partial charge in [0, 0.05) is 28.1 Å². The summed E-state index contributed by atoms with van der Waals surface area (Å²) in [5.41, 5.74) is 3.29. The van der Waals surface area contributed by atoms with Crippen molar-refractivity contribution in [2.45, 2.75) is 24.1 Å². The number of aryl methyl sites for hydroxylation is 1. The highest BCUT2D eigenvalue weighted by Crippen LogP contribution is 2.23. The first-order valence-corrected chi connectivity index (χ1v) is 9.91. The molecule has 4 nitrogen and oxygen atoms in total. The molecule has 0 atom stereocenters. The number of aromatic nitrogens is 1. The first kappa shape index (κ1) is 18.2. The minimum Gasteiger partial charge on any atom is -0.348 e. The Morgan fingerprint density at radius 3 is 2.54 bits per heavy atom. The maximum atomic E-state index is 12.3. The fourth-order valence-corrected chi connectivity index (χ4v) is 3.82. The molecule has 0 aliphatic heterocycles. The number of nitrogens with one attached hydrogen (secondary N) is 1. The average molecular weight is 380 g/mol. The second kappa shape index (κ2) is 8.65. The van der Waals surface area contributed by atoms with Crippen molar-refractivity contribution >= 4 is 29.0 Å². The van der Waals surface area contributed by atoms with E-state index < -0.39 is 0 Å². The summed E-state index contributed by atoms with van der Waals surface area (Å²) in [5, 5.41) is 14.8. The number of hydrogen-bond donors (Lipinski definition) is 1. The molecule has 0 aliphatic rings. The lowest BCUT2D eigenvalue weighted by Gasteiger charge is -2.06. The van der Waals surface area contributed by atoms with Gasteiger partial charge in [-0.1, -0.05) is 12.1 Å². The third-order valence-corrected chi connectivity index (χ3v) is 5.57. The van der Waals surface area contributed by atoms with Gasteiger partial charge in [0.2, 0.25) is 0 Å². The molecule has 3 aromatic rings. The molecule has 1 aromatic heterocycles. The third kappa shape index (κ3) is 4.94. The molecule has 0 radical (unpaired) electrons. The normalized spacial score (nSPS) is 10.3. The van der Waals surface area contributed by atoms with Crippen molar-refractivity contribution < 1.29 is 4.79 Å². The largest absolute Gasteiger partial charge is 0.348 e. The minimum absolute atomic E-state index is 0.110. The number of nitriles is 1. The van der Waals surface area contributed by atoms with Gasteiger partial charge in [0.15, 0.2) is 0 Å². The Kier molecular flexibility index (Phi) is 6.05. The molecule has 0 spiro atoms. The molecule has 1 amide bonds. The second-order valence-corrected chi connectivity index (χ2v) is 7.77. The van der Waals surface area contributed by atoms with Crippen molar-refractivity contribution in [1.29, 1.82) is 5.26 Å². The number of benzene rings is 2. The standard InChI is InChI=1S/C20H17N3OS2/c1-14-23-18(12-25-14)13-26-19-8-6-17(7-9-19)20(24)22-11-16-4-2-15(10-21)3-5-16/h2-9,12H,11,13H2,1H3,(H,22,24). The zero-order valence-electron chi connectivity index (χ0n) is 14.2. The zero-order chi connectivity index (χ0) is 18.4. The van der Waals surface area contributed by atoms with Gasteiger partial charge in [0.1, 0.15) is 0 Å². The summed E-state index contributed by atoms with van der Waals surface area (Å²) in [5.74, 6) is 0.718. The van der Waals surface area contributed by atoms with Crippen LogP contribution < -0.4 is 5.32 Å². The van der Waals surface area contributed by atoms with Gasteiger partial charge in [-0.2, -0.15) is 5.26 Å². The van der Waals surface area contributed by atoms with Crippen molar-refractivity contribution in [2.24, 2.45) is 0 Å². The molecular formula is C20H17N3OS2. The Bertz CT molecular complexity index is 925. The molecule has 2 aromatic carbocycles. The molecule has 6 heteroatoms. The van der Waals surface area contributed by atoms with Crippen molar-refractivity contribution in [3.63, 3.8) is 0 Å². The summed E-state index contributed by atoms with van der Waals surface area (Å²) in [6, 6.07) is 16.9. The molecule has 130 valence electrons. The van der Waals surface area contributed by atoms with E-state index in [1.165, 1.54) is 0 Å². The van der Waals surface area contributed by atoms with Crippen LogP contribution in [0.1, 0.15) is 32.2 Å². The number of amides is 1. The monoisotopic (exact) mass is 379 g/mol. The number of thiazole rings is 1. The molecular weight excluding hydrogens is 362 g/mol. The van der Waals surface area contributed by atoms with Crippen LogP contribution in [0.25, 0.3) is 0 Å². The van der Waals surface area contributed by atoms with Crippen LogP contribution in [0.15, 0.2) is 58.8 Å². The number of nitrogens with zero attached hydrogens (tertiary/aromatic N) is 2. The SMILES string of the molecule is Cc1nc(CSc2ccc(C(=O)NCc3ccc(C#N)cc3)cc2)cs1. The second-order valence-electron chi connectivity index (χ2n) is 5.66. The van der Waals surface area contributed by atoms with E-state index in [1.54, 1.807) is 35.2 Å². The summed E-state index contributed by atoms with van der Waals surface area (Å²) in [6.45, 7) is 2.44. The van der Waals surface area contributed by atoms with Gasteiger partial charge in [0.05, 0.1) is 22.3 Å². The molecule has 0 saturated heterocycles. The Labute approximate surface area is 160 Å². The Morgan fingerprint density at radius 2 is 1.92 bits per heavy atom. The van der Waals surface area contributed by atoms with Crippen LogP contribution >= 0.6 is 23.1 Å². The van der Waals surface area contributed by atoms with E-state index in [2.05, 4.69) is 21.8 Å². The number of carbonyl (C=O) groups excluding carboxylic acids is 1. The molecule has 1 N–H and O–H groups in total. The van der Waals surface area contributed by atoms with Crippen LogP contribution in [0.3, 0.4) is 0 Å². The van der Waals surface area contributed by atoms with Gasteiger partial charge < -0.3 is 5.32 Å². The minimum atomic E-state index is -0.110. The van der Waals surface area contributed by atoms with Gasteiger partial charge in [0.25, 0.3) is 5.91 Å². The molecule has 3 rings (SSSR count). The smallest absolute Gasteiger partial charge is 0.251 e. The van der Waals surface area contributed by atoms with E-state index in [0.717, 1.165) is 26.9 Å². The van der Waals surface area contributed by atoms with Crippen molar-refractivity contribution in [2.75, 3.05) is 0 Å². The molecule has 26 heavy (non-hydrogen) atoms. The van der Waals surface area contributed by atoms with Gasteiger partial charge in [-0.25, -0.2) is 4.98 Å². The lowest BCUT2D eigenvalue weighted by Crippen LogP contribution is -2.22. The third-order valence-electron chi connectivity index (χ3n) is 3.71. The highest BCUT2D eigenvalue weighted by molar-refractivity contribution is 7.98. The summed E-state index contributed by atoms with van der Waals surface area (Å²) in [7, 11) is 0. The van der Waals surface area contributed by atoms with Gasteiger partial charge in [-0.05, 0) is 48.9 Å². The van der Waals surface area contributed by atoms with Crippen LogP contribution in [-0.4, -0.2) is 10.9 Å². The Balaban J connectivity index is 1.52. The van der Waals surface area contributed by atoms with Gasteiger partial charge in [-0.3, -0.25) is 4.79 Å². The molecule has 1 heterocycles. The molecule has 0 unspecified atom stereocenters. The van der Waals surface area contributed by atoms with E-state index >= 15 is 0 Å². The lowest BCUT2D eigenvalue weighted by molar-refractivity contribution is 0.0951. The summed E-state index contributed by atoms with van der Waals surface area (Å²) in [4.78, 5) is 17.8. The van der Waals surface area contributed by atoms with Gasteiger partial charge >= 0.3 is 0 Å². The predicted octanol–water partition coefficient (Wildman–Crippen LogP) is 4.55. The highest BCUT2D eigenvalue weighted by atomic mass is 32.2. The van der Waals surface area contributed by atoms with Crippen molar-refractivity contribution in [1.82, 2.24) is 10.3 Å². The Morgan fingerprint density at radius 1 is 1.19 bits per heavy atom. The number of hydrogen-bond acceptors (Lipinski definition) is 5. The van der Waals surface area contributed by atoms with Crippen molar-refractivity contribution in [3.05, 3.63) is 81.3 Å². The maximum Gasteiger partial charge on any atom is 0.251 e. The predicted molar refractivity (Wildman–Crippen MR) is 105 cm³/mol. The van der Waals surface area contributed by atoms with E-state index in [4.69, 9.17) is 5.26 Å². The molecule has 0 saturated carbocycles. The van der Waals surface area contributed by atoms with Crippen LogP contribution in [-0.2, 0) is 12.3 Å². The van der Waals surface area contributed by atoms with Gasteiger partial charge in [-0.15, -0.1) is 23.1 Å². The van der Waals surface area contributed by atoms with E-state index in [-0.39, 0.29) is 5.91 Å². The summed E-state index contributed by atoms with van der Waals surface area (Å²) in [6.07, 6.45) is 0. The van der Waals surface area contributed by atoms with Crippen LogP contribution in [0, 0.1) is 18.3 Å². The van der Waals surface area contributed by atoms with E-state index in [0.29, 0.717) is 17.7 Å². The first-order valence-electron chi connectivity index (χ1n) is 8.05.